The highest BCUT2D eigenvalue weighted by molar-refractivity contribution is 8.00. The smallest absolute Gasteiger partial charge is 0.233 e. The summed E-state index contributed by atoms with van der Waals surface area (Å²) in [5.74, 6) is 0.289. The van der Waals surface area contributed by atoms with Gasteiger partial charge in [0.15, 0.2) is 0 Å². The highest BCUT2D eigenvalue weighted by Crippen LogP contribution is 2.26. The van der Waals surface area contributed by atoms with Gasteiger partial charge in [0.2, 0.25) is 5.91 Å². The molecule has 1 saturated heterocycles. The van der Waals surface area contributed by atoms with Crippen LogP contribution in [0.25, 0.3) is 10.9 Å². The Balaban J connectivity index is 1.33. The summed E-state index contributed by atoms with van der Waals surface area (Å²) >= 11 is 1.49. The van der Waals surface area contributed by atoms with Crippen LogP contribution in [-0.4, -0.2) is 52.3 Å². The molecular formula is C20H21FN4OS. The van der Waals surface area contributed by atoms with Crippen molar-refractivity contribution in [3.05, 3.63) is 54.6 Å². The molecule has 0 spiro atoms. The molecule has 1 aliphatic heterocycles. The molecule has 0 N–H and O–H groups in total. The third-order valence-corrected chi connectivity index (χ3v) is 5.92. The molecule has 27 heavy (non-hydrogen) atoms. The number of carbonyl (C=O) groups excluding carboxylic acids is 1. The van der Waals surface area contributed by atoms with Crippen molar-refractivity contribution in [1.29, 1.82) is 0 Å². The molecule has 0 saturated carbocycles. The lowest BCUT2D eigenvalue weighted by molar-refractivity contribution is -0.128. The van der Waals surface area contributed by atoms with E-state index in [2.05, 4.69) is 14.5 Å². The van der Waals surface area contributed by atoms with Gasteiger partial charge in [0.25, 0.3) is 0 Å². The summed E-state index contributed by atoms with van der Waals surface area (Å²) in [7, 11) is 2.00. The molecular weight excluding hydrogens is 363 g/mol. The highest BCUT2D eigenvalue weighted by Gasteiger charge is 2.21. The maximum atomic E-state index is 13.1. The number of thioether (sulfide) groups is 1. The molecule has 2 aromatic heterocycles. The molecule has 0 atom stereocenters. The monoisotopic (exact) mass is 384 g/mol. The van der Waals surface area contributed by atoms with Crippen LogP contribution < -0.4 is 4.90 Å². The first-order chi connectivity index (χ1) is 13.1. The van der Waals surface area contributed by atoms with Gasteiger partial charge in [-0.1, -0.05) is 11.8 Å². The van der Waals surface area contributed by atoms with Gasteiger partial charge in [0.05, 0.1) is 11.3 Å². The maximum absolute atomic E-state index is 13.1. The van der Waals surface area contributed by atoms with Crippen molar-refractivity contribution in [2.24, 2.45) is 7.05 Å². The van der Waals surface area contributed by atoms with Crippen LogP contribution in [0.4, 0.5) is 10.1 Å². The Hall–Kier alpha value is -2.54. The average molecular weight is 384 g/mol. The summed E-state index contributed by atoms with van der Waals surface area (Å²) in [5.41, 5.74) is 2.12. The zero-order valence-electron chi connectivity index (χ0n) is 15.1. The fourth-order valence-corrected chi connectivity index (χ4v) is 4.28. The Bertz CT molecular complexity index is 948. The SMILES string of the molecule is Cn1ccc2c(SCC(=O)N3CCN(c4ccc(F)cc4)CC3)nccc21. The predicted molar refractivity (Wildman–Crippen MR) is 107 cm³/mol. The minimum Gasteiger partial charge on any atom is -0.368 e. The summed E-state index contributed by atoms with van der Waals surface area (Å²) in [4.78, 5) is 21.1. The molecule has 0 radical (unpaired) electrons. The summed E-state index contributed by atoms with van der Waals surface area (Å²) < 4.78 is 15.1. The Morgan fingerprint density at radius 2 is 1.85 bits per heavy atom. The first-order valence-electron chi connectivity index (χ1n) is 8.93. The molecule has 1 aliphatic rings. The second-order valence-corrected chi connectivity index (χ2v) is 7.57. The molecule has 7 heteroatoms. The normalized spacial score (nSPS) is 14.7. The van der Waals surface area contributed by atoms with E-state index in [0.717, 1.165) is 34.7 Å². The number of rotatable bonds is 4. The second kappa shape index (κ2) is 7.60. The quantitative estimate of drug-likeness (QED) is 0.648. The Labute approximate surface area is 161 Å². The van der Waals surface area contributed by atoms with Crippen molar-refractivity contribution in [3.63, 3.8) is 0 Å². The molecule has 140 valence electrons. The number of pyridine rings is 1. The molecule has 0 unspecified atom stereocenters. The first-order valence-corrected chi connectivity index (χ1v) is 9.91. The van der Waals surface area contributed by atoms with Crippen LogP contribution in [-0.2, 0) is 11.8 Å². The third kappa shape index (κ3) is 3.78. The highest BCUT2D eigenvalue weighted by atomic mass is 32.2. The Morgan fingerprint density at radius 1 is 1.11 bits per heavy atom. The van der Waals surface area contributed by atoms with Gasteiger partial charge in [-0.2, -0.15) is 0 Å². The lowest BCUT2D eigenvalue weighted by atomic mass is 10.2. The van der Waals surface area contributed by atoms with Gasteiger partial charge in [0.1, 0.15) is 10.8 Å². The molecule has 0 bridgehead atoms. The Kier molecular flexibility index (Phi) is 5.03. The van der Waals surface area contributed by atoms with Crippen molar-refractivity contribution in [2.45, 2.75) is 5.03 Å². The number of halogens is 1. The third-order valence-electron chi connectivity index (χ3n) is 4.93. The molecule has 1 amide bonds. The number of hydrogen-bond acceptors (Lipinski definition) is 4. The van der Waals surface area contributed by atoms with E-state index < -0.39 is 0 Å². The van der Waals surface area contributed by atoms with Crippen molar-refractivity contribution < 1.29 is 9.18 Å². The maximum Gasteiger partial charge on any atom is 0.233 e. The average Bonchev–Trinajstić information content (AvgIpc) is 3.08. The fraction of sp³-hybridized carbons (Fsp3) is 0.300. The molecule has 4 rings (SSSR count). The number of aromatic nitrogens is 2. The predicted octanol–water partition coefficient (Wildman–Crippen LogP) is 3.15. The van der Waals surface area contributed by atoms with Crippen LogP contribution in [0.3, 0.4) is 0 Å². The Morgan fingerprint density at radius 3 is 2.59 bits per heavy atom. The van der Waals surface area contributed by atoms with Crippen molar-refractivity contribution in [1.82, 2.24) is 14.5 Å². The topological polar surface area (TPSA) is 41.4 Å². The van der Waals surface area contributed by atoms with Gasteiger partial charge in [-0.15, -0.1) is 0 Å². The number of carbonyl (C=O) groups is 1. The van der Waals surface area contributed by atoms with E-state index in [-0.39, 0.29) is 11.7 Å². The molecule has 3 aromatic rings. The zero-order chi connectivity index (χ0) is 18.8. The number of piperazine rings is 1. The number of nitrogens with zero attached hydrogens (tertiary/aromatic N) is 4. The minimum atomic E-state index is -0.230. The van der Waals surface area contributed by atoms with Crippen LogP contribution in [0.5, 0.6) is 0 Å². The van der Waals surface area contributed by atoms with Crippen LogP contribution in [0.2, 0.25) is 0 Å². The van der Waals surface area contributed by atoms with E-state index in [4.69, 9.17) is 0 Å². The molecule has 1 fully saturated rings. The van der Waals surface area contributed by atoms with Gasteiger partial charge in [0, 0.05) is 56.7 Å². The number of amides is 1. The summed E-state index contributed by atoms with van der Waals surface area (Å²) in [5, 5.41) is 1.98. The number of benzene rings is 1. The molecule has 5 nitrogen and oxygen atoms in total. The van der Waals surface area contributed by atoms with E-state index in [1.165, 1.54) is 23.9 Å². The van der Waals surface area contributed by atoms with E-state index >= 15 is 0 Å². The fourth-order valence-electron chi connectivity index (χ4n) is 3.38. The number of hydrogen-bond donors (Lipinski definition) is 0. The molecule has 1 aromatic carbocycles. The summed E-state index contributed by atoms with van der Waals surface area (Å²) in [6.07, 6.45) is 3.80. The largest absolute Gasteiger partial charge is 0.368 e. The molecule has 0 aliphatic carbocycles. The van der Waals surface area contributed by atoms with Crippen molar-refractivity contribution in [3.8, 4) is 0 Å². The lowest BCUT2D eigenvalue weighted by Crippen LogP contribution is -2.49. The van der Waals surface area contributed by atoms with Crippen LogP contribution in [0.1, 0.15) is 0 Å². The number of aryl methyl sites for hydroxylation is 1. The second-order valence-electron chi connectivity index (χ2n) is 6.61. The van der Waals surface area contributed by atoms with Crippen LogP contribution >= 0.6 is 11.8 Å². The van der Waals surface area contributed by atoms with Crippen LogP contribution in [0, 0.1) is 5.82 Å². The zero-order valence-corrected chi connectivity index (χ0v) is 16.0. The molecule has 3 heterocycles. The van der Waals surface area contributed by atoms with Gasteiger partial charge in [-0.3, -0.25) is 4.79 Å². The standard InChI is InChI=1S/C20H21FN4OS/c1-23-9-7-17-18(23)6-8-22-20(17)27-14-19(26)25-12-10-24(11-13-25)16-4-2-15(21)3-5-16/h2-9H,10-14H2,1H3. The number of anilines is 1. The first kappa shape index (κ1) is 17.9. The van der Waals surface area contributed by atoms with Gasteiger partial charge < -0.3 is 14.4 Å². The minimum absolute atomic E-state index is 0.133. The van der Waals surface area contributed by atoms with Gasteiger partial charge >= 0.3 is 0 Å². The van der Waals surface area contributed by atoms with Crippen molar-refractivity contribution in [2.75, 3.05) is 36.8 Å². The van der Waals surface area contributed by atoms with E-state index in [0.29, 0.717) is 18.8 Å². The number of fused-ring (bicyclic) bond motifs is 1. The summed E-state index contributed by atoms with van der Waals surface area (Å²) in [6.45, 7) is 2.88. The van der Waals surface area contributed by atoms with E-state index in [9.17, 15) is 9.18 Å². The van der Waals surface area contributed by atoms with E-state index in [1.54, 1.807) is 18.3 Å². The van der Waals surface area contributed by atoms with Gasteiger partial charge in [-0.05, 0) is 36.4 Å². The van der Waals surface area contributed by atoms with Crippen LogP contribution in [0.15, 0.2) is 53.8 Å². The summed E-state index contributed by atoms with van der Waals surface area (Å²) in [6, 6.07) is 10.5. The van der Waals surface area contributed by atoms with Gasteiger partial charge in [-0.25, -0.2) is 9.37 Å². The van der Waals surface area contributed by atoms with Crippen molar-refractivity contribution >= 4 is 34.3 Å². The van der Waals surface area contributed by atoms with E-state index in [1.807, 2.05) is 30.3 Å². The lowest BCUT2D eigenvalue weighted by Gasteiger charge is -2.36.